The van der Waals surface area contributed by atoms with Crippen molar-refractivity contribution in [2.24, 2.45) is 5.41 Å². The van der Waals surface area contributed by atoms with Crippen LogP contribution >= 0.6 is 0 Å². The first-order valence-electron chi connectivity index (χ1n) is 8.05. The van der Waals surface area contributed by atoms with Gasteiger partial charge in [0.1, 0.15) is 5.82 Å². The maximum atomic E-state index is 12.4. The molecule has 0 radical (unpaired) electrons. The minimum atomic E-state index is 0.0736. The number of likely N-dealkylation sites (N-methyl/N-ethyl adjacent to an activating group) is 1. The number of aryl methyl sites for hydroxylation is 1. The van der Waals surface area contributed by atoms with Crippen LogP contribution in [-0.4, -0.2) is 46.5 Å². The van der Waals surface area contributed by atoms with Crippen LogP contribution in [0.4, 0.5) is 0 Å². The van der Waals surface area contributed by atoms with Crippen molar-refractivity contribution in [2.45, 2.75) is 51.6 Å². The molecule has 2 fully saturated rings. The number of carbonyl (C=O) groups is 1. The topological polar surface area (TPSA) is 50.2 Å². The Morgan fingerprint density at radius 1 is 1.48 bits per heavy atom. The Labute approximate surface area is 126 Å². The highest BCUT2D eigenvalue weighted by Crippen LogP contribution is 2.46. The Kier molecular flexibility index (Phi) is 4.02. The van der Waals surface area contributed by atoms with Crippen molar-refractivity contribution in [3.05, 3.63) is 18.2 Å². The van der Waals surface area contributed by atoms with E-state index in [9.17, 15) is 4.79 Å². The maximum absolute atomic E-state index is 12.4. The summed E-state index contributed by atoms with van der Waals surface area (Å²) in [5, 5.41) is 3.20. The van der Waals surface area contributed by atoms with E-state index in [4.69, 9.17) is 0 Å². The van der Waals surface area contributed by atoms with E-state index in [1.165, 1.54) is 25.7 Å². The Morgan fingerprint density at radius 2 is 2.29 bits per heavy atom. The molecule has 1 aliphatic heterocycles. The van der Waals surface area contributed by atoms with Crippen molar-refractivity contribution in [2.75, 3.05) is 20.1 Å². The highest BCUT2D eigenvalue weighted by molar-refractivity contribution is 5.81. The van der Waals surface area contributed by atoms with E-state index in [0.717, 1.165) is 31.9 Å². The fourth-order valence-electron chi connectivity index (χ4n) is 3.30. The standard InChI is InChI=1S/C16H26N4O/c1-13-17-8-10-20(13)12-16(6-7-16)11-18-15(21)14-5-3-4-9-19(14)2/h8,10,14H,3-7,9,11-12H2,1-2H3,(H,18,21)/t14-/m1/s1. The number of hydrogen-bond donors (Lipinski definition) is 1. The molecule has 0 spiro atoms. The molecule has 1 N–H and O–H groups in total. The summed E-state index contributed by atoms with van der Waals surface area (Å²) < 4.78 is 2.20. The number of carbonyl (C=O) groups excluding carboxylic acids is 1. The van der Waals surface area contributed by atoms with Gasteiger partial charge in [-0.05, 0) is 46.2 Å². The highest BCUT2D eigenvalue weighted by atomic mass is 16.2. The number of aromatic nitrogens is 2. The van der Waals surface area contributed by atoms with Gasteiger partial charge < -0.3 is 9.88 Å². The molecule has 0 unspecified atom stereocenters. The maximum Gasteiger partial charge on any atom is 0.237 e. The summed E-state index contributed by atoms with van der Waals surface area (Å²) in [6.45, 7) is 4.84. The third-order valence-electron chi connectivity index (χ3n) is 5.10. The van der Waals surface area contributed by atoms with Crippen molar-refractivity contribution in [3.8, 4) is 0 Å². The number of amides is 1. The molecular weight excluding hydrogens is 264 g/mol. The van der Waals surface area contributed by atoms with E-state index in [1.807, 2.05) is 19.3 Å². The van der Waals surface area contributed by atoms with E-state index in [0.29, 0.717) is 0 Å². The van der Waals surface area contributed by atoms with Crippen molar-refractivity contribution < 1.29 is 4.79 Å². The van der Waals surface area contributed by atoms with E-state index in [1.54, 1.807) is 0 Å². The Morgan fingerprint density at radius 3 is 2.90 bits per heavy atom. The molecular formula is C16H26N4O. The molecule has 1 amide bonds. The first-order chi connectivity index (χ1) is 10.1. The quantitative estimate of drug-likeness (QED) is 0.895. The van der Waals surface area contributed by atoms with E-state index >= 15 is 0 Å². The Balaban J connectivity index is 1.52. The molecule has 0 bridgehead atoms. The van der Waals surface area contributed by atoms with Crippen molar-refractivity contribution in [3.63, 3.8) is 0 Å². The lowest BCUT2D eigenvalue weighted by atomic mass is 10.0. The minimum Gasteiger partial charge on any atom is -0.354 e. The van der Waals surface area contributed by atoms with Gasteiger partial charge in [0.25, 0.3) is 0 Å². The first-order valence-corrected chi connectivity index (χ1v) is 8.05. The number of imidazole rings is 1. The minimum absolute atomic E-state index is 0.0736. The van der Waals surface area contributed by atoms with Crippen LogP contribution in [0, 0.1) is 12.3 Å². The van der Waals surface area contributed by atoms with Gasteiger partial charge in [0.2, 0.25) is 5.91 Å². The molecule has 5 nitrogen and oxygen atoms in total. The van der Waals surface area contributed by atoms with Crippen LogP contribution in [0.5, 0.6) is 0 Å². The molecule has 1 aromatic rings. The Hall–Kier alpha value is -1.36. The van der Waals surface area contributed by atoms with Crippen LogP contribution in [-0.2, 0) is 11.3 Å². The fraction of sp³-hybridized carbons (Fsp3) is 0.750. The molecule has 1 atom stereocenters. The lowest BCUT2D eigenvalue weighted by Gasteiger charge is -2.31. The molecule has 1 saturated carbocycles. The molecule has 21 heavy (non-hydrogen) atoms. The molecule has 5 heteroatoms. The number of nitrogens with zero attached hydrogens (tertiary/aromatic N) is 3. The second kappa shape index (κ2) is 5.79. The van der Waals surface area contributed by atoms with Crippen LogP contribution in [0.3, 0.4) is 0 Å². The van der Waals surface area contributed by atoms with Gasteiger partial charge in [-0.15, -0.1) is 0 Å². The van der Waals surface area contributed by atoms with E-state index in [2.05, 4.69) is 26.8 Å². The van der Waals surface area contributed by atoms with Crippen LogP contribution < -0.4 is 5.32 Å². The summed E-state index contributed by atoms with van der Waals surface area (Å²) in [6.07, 6.45) is 9.66. The van der Waals surface area contributed by atoms with Gasteiger partial charge in [0.05, 0.1) is 6.04 Å². The zero-order chi connectivity index (χ0) is 14.9. The van der Waals surface area contributed by atoms with Gasteiger partial charge in [-0.2, -0.15) is 0 Å². The zero-order valence-corrected chi connectivity index (χ0v) is 13.1. The first kappa shape index (κ1) is 14.6. The van der Waals surface area contributed by atoms with Crippen molar-refractivity contribution in [1.82, 2.24) is 19.8 Å². The summed E-state index contributed by atoms with van der Waals surface area (Å²) in [4.78, 5) is 18.8. The second-order valence-corrected chi connectivity index (χ2v) is 6.81. The molecule has 0 aromatic carbocycles. The number of likely N-dealkylation sites (tertiary alicyclic amines) is 1. The average molecular weight is 290 g/mol. The monoisotopic (exact) mass is 290 g/mol. The Bertz CT molecular complexity index is 506. The number of hydrogen-bond acceptors (Lipinski definition) is 3. The molecule has 1 aromatic heterocycles. The summed E-state index contributed by atoms with van der Waals surface area (Å²) in [5.41, 5.74) is 0.258. The van der Waals surface area contributed by atoms with E-state index < -0.39 is 0 Å². The SMILES string of the molecule is Cc1nccn1CC1(CNC(=O)[C@H]2CCCCN2C)CC1. The van der Waals surface area contributed by atoms with Crippen molar-refractivity contribution >= 4 is 5.91 Å². The second-order valence-electron chi connectivity index (χ2n) is 6.81. The van der Waals surface area contributed by atoms with Crippen LogP contribution in [0.1, 0.15) is 37.9 Å². The fourth-order valence-corrected chi connectivity index (χ4v) is 3.30. The average Bonchev–Trinajstić information content (AvgIpc) is 3.13. The largest absolute Gasteiger partial charge is 0.354 e. The zero-order valence-electron chi connectivity index (χ0n) is 13.1. The lowest BCUT2D eigenvalue weighted by molar-refractivity contribution is -0.127. The predicted octanol–water partition coefficient (Wildman–Crippen LogP) is 1.57. The lowest BCUT2D eigenvalue weighted by Crippen LogP contribution is -2.48. The van der Waals surface area contributed by atoms with Gasteiger partial charge in [0.15, 0.2) is 0 Å². The normalized spacial score (nSPS) is 24.8. The summed E-state index contributed by atoms with van der Waals surface area (Å²) in [6, 6.07) is 0.0736. The summed E-state index contributed by atoms with van der Waals surface area (Å²) in [7, 11) is 2.06. The number of rotatable bonds is 5. The molecule has 1 saturated heterocycles. The van der Waals surface area contributed by atoms with Crippen LogP contribution in [0.2, 0.25) is 0 Å². The van der Waals surface area contributed by atoms with Gasteiger partial charge in [-0.1, -0.05) is 6.42 Å². The molecule has 116 valence electrons. The van der Waals surface area contributed by atoms with Crippen molar-refractivity contribution in [1.29, 1.82) is 0 Å². The van der Waals surface area contributed by atoms with Gasteiger partial charge in [-0.3, -0.25) is 9.69 Å². The molecule has 3 rings (SSSR count). The smallest absolute Gasteiger partial charge is 0.237 e. The van der Waals surface area contributed by atoms with E-state index in [-0.39, 0.29) is 17.4 Å². The van der Waals surface area contributed by atoms with Gasteiger partial charge in [-0.25, -0.2) is 4.98 Å². The molecule has 1 aliphatic carbocycles. The summed E-state index contributed by atoms with van der Waals surface area (Å²) >= 11 is 0. The third-order valence-corrected chi connectivity index (χ3v) is 5.10. The third kappa shape index (κ3) is 3.28. The molecule has 2 aliphatic rings. The van der Waals surface area contributed by atoms with Gasteiger partial charge >= 0.3 is 0 Å². The van der Waals surface area contributed by atoms with Crippen LogP contribution in [0.15, 0.2) is 12.4 Å². The predicted molar refractivity (Wildman–Crippen MR) is 81.9 cm³/mol. The highest BCUT2D eigenvalue weighted by Gasteiger charge is 2.43. The summed E-state index contributed by atoms with van der Waals surface area (Å²) in [5.74, 6) is 1.27. The number of nitrogens with one attached hydrogen (secondary N) is 1. The molecule has 2 heterocycles. The number of piperidine rings is 1. The van der Waals surface area contributed by atoms with Gasteiger partial charge in [0, 0.05) is 30.9 Å². The van der Waals surface area contributed by atoms with Crippen LogP contribution in [0.25, 0.3) is 0 Å².